The number of ether oxygens (including phenoxy) is 2. The van der Waals surface area contributed by atoms with E-state index >= 15 is 0 Å². The first-order valence-electron chi connectivity index (χ1n) is 8.01. The average Bonchev–Trinajstić information content (AvgIpc) is 2.98. The van der Waals surface area contributed by atoms with Gasteiger partial charge in [0.25, 0.3) is 0 Å². The average molecular weight is 354 g/mol. The van der Waals surface area contributed by atoms with Crippen LogP contribution in [0.5, 0.6) is 0 Å². The zero-order chi connectivity index (χ0) is 15.6. The number of fused-ring (bicyclic) bond motifs is 1. The van der Waals surface area contributed by atoms with Gasteiger partial charge in [-0.05, 0) is 6.07 Å². The molecule has 124 valence electrons. The fourth-order valence-electron chi connectivity index (χ4n) is 3.12. The number of aromatic nitrogens is 1. The molecule has 0 N–H and O–H groups in total. The van der Waals surface area contributed by atoms with Gasteiger partial charge in [-0.1, -0.05) is 11.6 Å². The van der Waals surface area contributed by atoms with Crippen molar-refractivity contribution in [3.8, 4) is 0 Å². The first-order chi connectivity index (χ1) is 11.3. The summed E-state index contributed by atoms with van der Waals surface area (Å²) in [4.78, 5) is 10.6. The van der Waals surface area contributed by atoms with Gasteiger partial charge in [0.1, 0.15) is 5.15 Å². The minimum atomic E-state index is 0.565. The lowest BCUT2D eigenvalue weighted by molar-refractivity contribution is 0.0346. The lowest BCUT2D eigenvalue weighted by Crippen LogP contribution is -2.36. The van der Waals surface area contributed by atoms with Crippen LogP contribution >= 0.6 is 22.9 Å². The third kappa shape index (κ3) is 3.46. The Hall–Kier alpha value is -0.920. The molecule has 2 aromatic heterocycles. The van der Waals surface area contributed by atoms with Crippen molar-refractivity contribution < 1.29 is 9.47 Å². The number of rotatable bonds is 3. The molecule has 4 heterocycles. The summed E-state index contributed by atoms with van der Waals surface area (Å²) in [5.41, 5.74) is 2.20. The van der Waals surface area contributed by atoms with Crippen LogP contribution < -0.4 is 4.90 Å². The zero-order valence-electron chi connectivity index (χ0n) is 13.0. The standard InChI is InChI=1S/C16H20ClN3O2S/c17-15-10-14(20-3-7-22-8-4-20)16-13(18-15)9-12(23-16)11-19-1-5-21-6-2-19/h9-10H,1-8,11H2. The van der Waals surface area contributed by atoms with Crippen LogP contribution in [0.4, 0.5) is 5.69 Å². The van der Waals surface area contributed by atoms with Crippen molar-refractivity contribution in [1.29, 1.82) is 0 Å². The summed E-state index contributed by atoms with van der Waals surface area (Å²) >= 11 is 8.09. The molecule has 23 heavy (non-hydrogen) atoms. The van der Waals surface area contributed by atoms with Crippen molar-refractivity contribution >= 4 is 38.8 Å². The van der Waals surface area contributed by atoms with Crippen LogP contribution in [-0.4, -0.2) is 62.5 Å². The lowest BCUT2D eigenvalue weighted by Gasteiger charge is -2.29. The summed E-state index contributed by atoms with van der Waals surface area (Å²) in [7, 11) is 0. The number of anilines is 1. The number of hydrogen-bond donors (Lipinski definition) is 0. The highest BCUT2D eigenvalue weighted by atomic mass is 35.5. The maximum Gasteiger partial charge on any atom is 0.131 e. The molecule has 4 rings (SSSR count). The third-order valence-corrected chi connectivity index (χ3v) is 5.64. The summed E-state index contributed by atoms with van der Waals surface area (Å²) in [6.07, 6.45) is 0. The second-order valence-corrected chi connectivity index (χ2v) is 7.40. The normalized spacial score (nSPS) is 20.3. The number of thiophene rings is 1. The molecule has 0 bridgehead atoms. The fourth-order valence-corrected chi connectivity index (χ4v) is 4.50. The molecule has 2 aromatic rings. The lowest BCUT2D eigenvalue weighted by atomic mass is 10.2. The summed E-state index contributed by atoms with van der Waals surface area (Å²) < 4.78 is 12.1. The molecule has 0 unspecified atom stereocenters. The number of pyridine rings is 1. The molecular formula is C16H20ClN3O2S. The highest BCUT2D eigenvalue weighted by Crippen LogP contribution is 2.36. The first kappa shape index (κ1) is 15.6. The Kier molecular flexibility index (Phi) is 4.68. The summed E-state index contributed by atoms with van der Waals surface area (Å²) in [5, 5.41) is 0.565. The Bertz CT molecular complexity index is 681. The van der Waals surface area contributed by atoms with Crippen LogP contribution in [0.3, 0.4) is 0 Å². The van der Waals surface area contributed by atoms with E-state index < -0.39 is 0 Å². The van der Waals surface area contributed by atoms with Gasteiger partial charge in [-0.25, -0.2) is 4.98 Å². The predicted molar refractivity (Wildman–Crippen MR) is 93.8 cm³/mol. The second kappa shape index (κ2) is 6.91. The van der Waals surface area contributed by atoms with Gasteiger partial charge in [0.05, 0.1) is 42.3 Å². The van der Waals surface area contributed by atoms with Gasteiger partial charge in [0.15, 0.2) is 0 Å². The zero-order valence-corrected chi connectivity index (χ0v) is 14.5. The van der Waals surface area contributed by atoms with E-state index in [4.69, 9.17) is 21.1 Å². The van der Waals surface area contributed by atoms with Crippen molar-refractivity contribution in [3.05, 3.63) is 22.2 Å². The van der Waals surface area contributed by atoms with Crippen molar-refractivity contribution in [2.75, 3.05) is 57.5 Å². The quantitative estimate of drug-likeness (QED) is 0.793. The van der Waals surface area contributed by atoms with E-state index in [-0.39, 0.29) is 0 Å². The van der Waals surface area contributed by atoms with Gasteiger partial charge in [-0.3, -0.25) is 4.90 Å². The van der Waals surface area contributed by atoms with Crippen LogP contribution in [0, 0.1) is 0 Å². The molecule has 0 amide bonds. The van der Waals surface area contributed by atoms with Crippen molar-refractivity contribution in [1.82, 2.24) is 9.88 Å². The minimum absolute atomic E-state index is 0.565. The van der Waals surface area contributed by atoms with E-state index in [9.17, 15) is 0 Å². The SMILES string of the molecule is Clc1cc(N2CCOCC2)c2sc(CN3CCOCC3)cc2n1. The Morgan fingerprint density at radius 1 is 1.04 bits per heavy atom. The molecule has 2 aliphatic rings. The second-order valence-electron chi connectivity index (χ2n) is 5.88. The largest absolute Gasteiger partial charge is 0.379 e. The van der Waals surface area contributed by atoms with Crippen molar-refractivity contribution in [2.24, 2.45) is 0 Å². The smallest absolute Gasteiger partial charge is 0.131 e. The van der Waals surface area contributed by atoms with Gasteiger partial charge in [0, 0.05) is 43.7 Å². The molecule has 5 nitrogen and oxygen atoms in total. The summed E-state index contributed by atoms with van der Waals surface area (Å²) in [6, 6.07) is 4.18. The van der Waals surface area contributed by atoms with E-state index in [0.29, 0.717) is 5.15 Å². The molecule has 2 fully saturated rings. The maximum atomic E-state index is 6.25. The van der Waals surface area contributed by atoms with Gasteiger partial charge in [-0.15, -0.1) is 11.3 Å². The molecule has 7 heteroatoms. The molecule has 2 aliphatic heterocycles. The monoisotopic (exact) mass is 353 g/mol. The van der Waals surface area contributed by atoms with Gasteiger partial charge < -0.3 is 14.4 Å². The maximum absolute atomic E-state index is 6.25. The topological polar surface area (TPSA) is 37.8 Å². The van der Waals surface area contributed by atoms with Crippen LogP contribution in [0.1, 0.15) is 4.88 Å². The van der Waals surface area contributed by atoms with Crippen LogP contribution in [-0.2, 0) is 16.0 Å². The van der Waals surface area contributed by atoms with Gasteiger partial charge in [-0.2, -0.15) is 0 Å². The molecule has 0 aliphatic carbocycles. The highest BCUT2D eigenvalue weighted by molar-refractivity contribution is 7.19. The molecule has 0 aromatic carbocycles. The van der Waals surface area contributed by atoms with E-state index in [2.05, 4.69) is 20.9 Å². The van der Waals surface area contributed by atoms with E-state index in [1.807, 2.05) is 17.4 Å². The van der Waals surface area contributed by atoms with Crippen LogP contribution in [0.25, 0.3) is 10.2 Å². The number of nitrogens with zero attached hydrogens (tertiary/aromatic N) is 3. The molecule has 0 radical (unpaired) electrons. The molecule has 0 spiro atoms. The van der Waals surface area contributed by atoms with Crippen LogP contribution in [0.2, 0.25) is 5.15 Å². The Morgan fingerprint density at radius 3 is 2.48 bits per heavy atom. The summed E-state index contributed by atoms with van der Waals surface area (Å²) in [5.74, 6) is 0. The highest BCUT2D eigenvalue weighted by Gasteiger charge is 2.19. The van der Waals surface area contributed by atoms with Crippen molar-refractivity contribution in [3.63, 3.8) is 0 Å². The van der Waals surface area contributed by atoms with Crippen LogP contribution in [0.15, 0.2) is 12.1 Å². The number of morpholine rings is 2. The van der Waals surface area contributed by atoms with Crippen molar-refractivity contribution in [2.45, 2.75) is 6.54 Å². The molecule has 2 saturated heterocycles. The number of halogens is 1. The van der Waals surface area contributed by atoms with E-state index in [1.54, 1.807) is 0 Å². The molecule has 0 saturated carbocycles. The first-order valence-corrected chi connectivity index (χ1v) is 9.21. The Labute approximate surface area is 144 Å². The van der Waals surface area contributed by atoms with E-state index in [1.165, 1.54) is 15.3 Å². The number of hydrogen-bond acceptors (Lipinski definition) is 6. The molecular weight excluding hydrogens is 334 g/mol. The van der Waals surface area contributed by atoms with E-state index in [0.717, 1.165) is 64.7 Å². The molecule has 0 atom stereocenters. The van der Waals surface area contributed by atoms with Gasteiger partial charge >= 0.3 is 0 Å². The Morgan fingerprint density at radius 2 is 1.74 bits per heavy atom. The Balaban J connectivity index is 1.63. The predicted octanol–water partition coefficient (Wildman–Crippen LogP) is 2.62. The van der Waals surface area contributed by atoms with Gasteiger partial charge in [0.2, 0.25) is 0 Å². The minimum Gasteiger partial charge on any atom is -0.379 e. The third-order valence-electron chi connectivity index (χ3n) is 4.31. The summed E-state index contributed by atoms with van der Waals surface area (Å²) in [6.45, 7) is 7.98. The fraction of sp³-hybridized carbons (Fsp3) is 0.562.